The maximum atomic E-state index is 9.36. The van der Waals surface area contributed by atoms with Gasteiger partial charge in [0.25, 0.3) is 0 Å². The number of nitrogens with one attached hydrogen (secondary N) is 1. The van der Waals surface area contributed by atoms with Crippen molar-refractivity contribution in [1.29, 1.82) is 0 Å². The van der Waals surface area contributed by atoms with Gasteiger partial charge >= 0.3 is 7.12 Å². The fourth-order valence-electron chi connectivity index (χ4n) is 2.35. The van der Waals surface area contributed by atoms with E-state index in [0.29, 0.717) is 11.2 Å². The molecule has 0 aromatic carbocycles. The Labute approximate surface area is 122 Å². The molecule has 6 heteroatoms. The van der Waals surface area contributed by atoms with Crippen molar-refractivity contribution in [2.24, 2.45) is 0 Å². The van der Waals surface area contributed by atoms with Crippen LogP contribution >= 0.6 is 0 Å². The molecule has 3 heterocycles. The van der Waals surface area contributed by atoms with Crippen molar-refractivity contribution in [2.45, 2.75) is 5.54 Å². The largest absolute Gasteiger partial charge is 0.488 e. The monoisotopic (exact) mass is 279 g/mol. The summed E-state index contributed by atoms with van der Waals surface area (Å²) < 4.78 is 0. The van der Waals surface area contributed by atoms with Gasteiger partial charge in [-0.3, -0.25) is 9.97 Å². The maximum absolute atomic E-state index is 9.36. The van der Waals surface area contributed by atoms with Crippen LogP contribution < -0.4 is 10.8 Å². The Hall–Kier alpha value is -2.44. The number of hydrogen-bond donors (Lipinski definition) is 3. The van der Waals surface area contributed by atoms with Crippen molar-refractivity contribution >= 4 is 12.6 Å². The van der Waals surface area contributed by atoms with Gasteiger partial charge < -0.3 is 15.4 Å². The summed E-state index contributed by atoms with van der Waals surface area (Å²) in [6, 6.07) is 8.89. The normalized spacial score (nSPS) is 20.1. The first-order valence-corrected chi connectivity index (χ1v) is 6.58. The van der Waals surface area contributed by atoms with Gasteiger partial charge in [0.2, 0.25) is 0 Å². The van der Waals surface area contributed by atoms with E-state index in [2.05, 4.69) is 15.3 Å². The van der Waals surface area contributed by atoms with Crippen LogP contribution in [0.15, 0.2) is 67.2 Å². The third kappa shape index (κ3) is 2.46. The SMILES string of the molecule is OB(O)c1ccnc(C2(c3ccccn3)C=CC=CN2)c1. The van der Waals surface area contributed by atoms with Crippen LogP contribution in [0.4, 0.5) is 0 Å². The van der Waals surface area contributed by atoms with Crippen LogP contribution in [0.25, 0.3) is 0 Å². The number of hydrogen-bond acceptors (Lipinski definition) is 5. The first-order chi connectivity index (χ1) is 10.2. The van der Waals surface area contributed by atoms with Gasteiger partial charge in [-0.2, -0.15) is 0 Å². The molecule has 21 heavy (non-hydrogen) atoms. The lowest BCUT2D eigenvalue weighted by atomic mass is 9.78. The number of pyridine rings is 2. The van der Waals surface area contributed by atoms with Crippen LogP contribution in [0, 0.1) is 0 Å². The molecule has 0 amide bonds. The molecule has 1 aliphatic rings. The van der Waals surface area contributed by atoms with Crippen LogP contribution in [0.5, 0.6) is 0 Å². The number of rotatable bonds is 3. The lowest BCUT2D eigenvalue weighted by molar-refractivity contribution is 0.425. The summed E-state index contributed by atoms with van der Waals surface area (Å²) in [4.78, 5) is 8.80. The minimum absolute atomic E-state index is 0.389. The molecule has 5 nitrogen and oxygen atoms in total. The number of aromatic nitrogens is 2. The van der Waals surface area contributed by atoms with Gasteiger partial charge in [0, 0.05) is 12.4 Å². The van der Waals surface area contributed by atoms with Crippen molar-refractivity contribution in [3.8, 4) is 0 Å². The summed E-state index contributed by atoms with van der Waals surface area (Å²) >= 11 is 0. The summed E-state index contributed by atoms with van der Waals surface area (Å²) in [5.74, 6) is 0. The predicted octanol–water partition coefficient (Wildman–Crippen LogP) is 0.0731. The van der Waals surface area contributed by atoms with Gasteiger partial charge in [0.1, 0.15) is 5.54 Å². The van der Waals surface area contributed by atoms with Gasteiger partial charge in [0.15, 0.2) is 0 Å². The Kier molecular flexibility index (Phi) is 3.56. The zero-order chi connectivity index (χ0) is 14.7. The quantitative estimate of drug-likeness (QED) is 0.693. The summed E-state index contributed by atoms with van der Waals surface area (Å²) in [5.41, 5.74) is 1.09. The Bertz CT molecular complexity index is 688. The van der Waals surface area contributed by atoms with Gasteiger partial charge in [-0.1, -0.05) is 12.1 Å². The molecule has 2 aromatic heterocycles. The first kappa shape index (κ1) is 13.5. The fourth-order valence-corrected chi connectivity index (χ4v) is 2.35. The highest BCUT2D eigenvalue weighted by atomic mass is 16.4. The molecule has 0 radical (unpaired) electrons. The average molecular weight is 279 g/mol. The molecule has 1 unspecified atom stereocenters. The van der Waals surface area contributed by atoms with E-state index in [9.17, 15) is 10.0 Å². The molecule has 2 aromatic rings. The lowest BCUT2D eigenvalue weighted by Crippen LogP contribution is -2.43. The van der Waals surface area contributed by atoms with Gasteiger partial charge in [0.05, 0.1) is 11.4 Å². The highest BCUT2D eigenvalue weighted by Crippen LogP contribution is 2.29. The second kappa shape index (κ2) is 5.51. The second-order valence-electron chi connectivity index (χ2n) is 4.73. The minimum Gasteiger partial charge on any atom is -0.423 e. The third-order valence-corrected chi connectivity index (χ3v) is 3.42. The summed E-state index contributed by atoms with van der Waals surface area (Å²) in [7, 11) is -1.53. The Morgan fingerprint density at radius 2 is 1.86 bits per heavy atom. The molecule has 3 N–H and O–H groups in total. The zero-order valence-corrected chi connectivity index (χ0v) is 11.2. The van der Waals surface area contributed by atoms with Crippen molar-refractivity contribution in [1.82, 2.24) is 15.3 Å². The Morgan fingerprint density at radius 1 is 1.00 bits per heavy atom. The minimum atomic E-state index is -1.53. The molecule has 104 valence electrons. The van der Waals surface area contributed by atoms with Crippen LogP contribution in [0.2, 0.25) is 0 Å². The van der Waals surface area contributed by atoms with E-state index in [1.54, 1.807) is 24.5 Å². The van der Waals surface area contributed by atoms with E-state index in [1.165, 1.54) is 0 Å². The molecule has 0 saturated heterocycles. The van der Waals surface area contributed by atoms with Crippen LogP contribution in [0.1, 0.15) is 11.4 Å². The lowest BCUT2D eigenvalue weighted by Gasteiger charge is -2.32. The van der Waals surface area contributed by atoms with Gasteiger partial charge in [-0.15, -0.1) is 0 Å². The average Bonchev–Trinajstić information content (AvgIpc) is 2.56. The molecule has 0 spiro atoms. The second-order valence-corrected chi connectivity index (χ2v) is 4.73. The van der Waals surface area contributed by atoms with Crippen LogP contribution in [0.3, 0.4) is 0 Å². The Morgan fingerprint density at radius 3 is 2.52 bits per heavy atom. The van der Waals surface area contributed by atoms with Crippen LogP contribution in [-0.4, -0.2) is 27.1 Å². The van der Waals surface area contributed by atoms with E-state index in [0.717, 1.165) is 5.69 Å². The van der Waals surface area contributed by atoms with Crippen molar-refractivity contribution in [3.05, 3.63) is 78.5 Å². The molecular weight excluding hydrogens is 265 g/mol. The van der Waals surface area contributed by atoms with Crippen molar-refractivity contribution in [3.63, 3.8) is 0 Å². The third-order valence-electron chi connectivity index (χ3n) is 3.42. The summed E-state index contributed by atoms with van der Waals surface area (Å²) in [5, 5.41) is 22.0. The Balaban J connectivity index is 2.15. The molecular formula is C15H14BN3O2. The van der Waals surface area contributed by atoms with E-state index >= 15 is 0 Å². The summed E-state index contributed by atoms with van der Waals surface area (Å²) in [6.45, 7) is 0. The fraction of sp³-hybridized carbons (Fsp3) is 0.0667. The smallest absolute Gasteiger partial charge is 0.423 e. The molecule has 0 fully saturated rings. The standard InChI is InChI=1S/C15H14BN3O2/c20-16(21)12-6-10-18-14(11-12)15(7-2-4-9-19-15)13-5-1-3-8-17-13/h1-11,19-21H. The topological polar surface area (TPSA) is 78.3 Å². The van der Waals surface area contributed by atoms with Crippen molar-refractivity contribution in [2.75, 3.05) is 0 Å². The maximum Gasteiger partial charge on any atom is 0.488 e. The van der Waals surface area contributed by atoms with E-state index < -0.39 is 12.7 Å². The molecule has 0 bridgehead atoms. The zero-order valence-electron chi connectivity index (χ0n) is 11.2. The molecule has 1 aliphatic heterocycles. The molecule has 3 rings (SSSR count). The highest BCUT2D eigenvalue weighted by molar-refractivity contribution is 6.58. The van der Waals surface area contributed by atoms with Crippen molar-refractivity contribution < 1.29 is 10.0 Å². The molecule has 1 atom stereocenters. The summed E-state index contributed by atoms with van der Waals surface area (Å²) in [6.07, 6.45) is 10.8. The van der Waals surface area contributed by atoms with Crippen LogP contribution in [-0.2, 0) is 5.54 Å². The number of allylic oxidation sites excluding steroid dienone is 2. The highest BCUT2D eigenvalue weighted by Gasteiger charge is 2.35. The predicted molar refractivity (Wildman–Crippen MR) is 80.5 cm³/mol. The van der Waals surface area contributed by atoms with Gasteiger partial charge in [-0.25, -0.2) is 0 Å². The van der Waals surface area contributed by atoms with Gasteiger partial charge in [-0.05, 0) is 48.1 Å². The van der Waals surface area contributed by atoms with E-state index in [-0.39, 0.29) is 0 Å². The molecule has 0 aliphatic carbocycles. The van der Waals surface area contributed by atoms with E-state index in [1.807, 2.05) is 42.6 Å². The first-order valence-electron chi connectivity index (χ1n) is 6.58. The number of dihydropyridines is 1. The van der Waals surface area contributed by atoms with E-state index in [4.69, 9.17) is 0 Å². The number of nitrogens with zero attached hydrogens (tertiary/aromatic N) is 2. The molecule has 0 saturated carbocycles.